The van der Waals surface area contributed by atoms with Gasteiger partial charge in [-0.1, -0.05) is 80.5 Å². The Bertz CT molecular complexity index is 1400. The monoisotopic (exact) mass is 575 g/mol. The molecule has 0 spiro atoms. The van der Waals surface area contributed by atoms with Crippen LogP contribution in [-0.2, 0) is 17.9 Å². The number of thiocarbonyl (C=S) groups is 1. The number of piperazine rings is 1. The lowest BCUT2D eigenvalue weighted by molar-refractivity contribution is -0.123. The predicted octanol–water partition coefficient (Wildman–Crippen LogP) is 5.29. The third kappa shape index (κ3) is 5.76. The summed E-state index contributed by atoms with van der Waals surface area (Å²) >= 11 is 7.00. The van der Waals surface area contributed by atoms with E-state index in [1.165, 1.54) is 17.3 Å². The second-order valence-corrected chi connectivity index (χ2v) is 12.6. The highest BCUT2D eigenvalue weighted by Gasteiger charge is 2.38. The van der Waals surface area contributed by atoms with Crippen LogP contribution in [0.3, 0.4) is 0 Å². The van der Waals surface area contributed by atoms with E-state index in [0.29, 0.717) is 21.3 Å². The van der Waals surface area contributed by atoms with Crippen LogP contribution in [-0.4, -0.2) is 56.8 Å². The summed E-state index contributed by atoms with van der Waals surface area (Å²) in [4.78, 5) is 34.3. The minimum Gasteiger partial charge on any atom is -0.355 e. The summed E-state index contributed by atoms with van der Waals surface area (Å²) in [6.07, 6.45) is 7.87. The molecule has 210 valence electrons. The van der Waals surface area contributed by atoms with Crippen molar-refractivity contribution in [3.63, 3.8) is 0 Å². The van der Waals surface area contributed by atoms with Crippen molar-refractivity contribution in [1.29, 1.82) is 5.26 Å². The molecule has 3 fully saturated rings. The maximum atomic E-state index is 13.6. The fraction of sp³-hybridized carbons (Fsp3) is 0.484. The minimum absolute atomic E-state index is 0.0512. The molecule has 1 amide bonds. The summed E-state index contributed by atoms with van der Waals surface area (Å²) in [7, 11) is 0. The predicted molar refractivity (Wildman–Crippen MR) is 166 cm³/mol. The SMILES string of the molecule is CCCCn1c(N2CCN(Cc3ccccc3)CC2)c(/C=C2/SC(=S)N(C3CCCC3)C2=O)c(C)c(C#N)c1=O. The van der Waals surface area contributed by atoms with Crippen molar-refractivity contribution in [3.8, 4) is 6.07 Å². The molecule has 0 N–H and O–H groups in total. The van der Waals surface area contributed by atoms with Gasteiger partial charge in [0.1, 0.15) is 21.8 Å². The van der Waals surface area contributed by atoms with E-state index in [1.54, 1.807) is 9.47 Å². The van der Waals surface area contributed by atoms with E-state index in [-0.39, 0.29) is 23.1 Å². The smallest absolute Gasteiger partial charge is 0.270 e. The van der Waals surface area contributed by atoms with Gasteiger partial charge in [0.2, 0.25) is 0 Å². The number of carbonyl (C=O) groups is 1. The van der Waals surface area contributed by atoms with Crippen LogP contribution in [0.5, 0.6) is 0 Å². The van der Waals surface area contributed by atoms with Crippen LogP contribution >= 0.6 is 24.0 Å². The lowest BCUT2D eigenvalue weighted by Crippen LogP contribution is -2.48. The first-order chi connectivity index (χ1) is 19.4. The molecule has 1 aromatic heterocycles. The van der Waals surface area contributed by atoms with Gasteiger partial charge in [0, 0.05) is 50.9 Å². The molecule has 0 bridgehead atoms. The van der Waals surface area contributed by atoms with Gasteiger partial charge in [-0.15, -0.1) is 0 Å². The van der Waals surface area contributed by atoms with Crippen LogP contribution in [0.4, 0.5) is 5.82 Å². The van der Waals surface area contributed by atoms with E-state index in [9.17, 15) is 14.9 Å². The molecule has 7 nitrogen and oxygen atoms in total. The summed E-state index contributed by atoms with van der Waals surface area (Å²) in [5, 5.41) is 9.98. The number of benzene rings is 1. The van der Waals surface area contributed by atoms with Gasteiger partial charge in [0.25, 0.3) is 11.5 Å². The number of hydrogen-bond acceptors (Lipinski definition) is 7. The molecule has 1 aliphatic carbocycles. The van der Waals surface area contributed by atoms with Crippen molar-refractivity contribution in [2.45, 2.75) is 71.5 Å². The molecule has 2 aromatic rings. The first-order valence-electron chi connectivity index (χ1n) is 14.4. The molecule has 1 aromatic carbocycles. The lowest BCUT2D eigenvalue weighted by Gasteiger charge is -2.38. The van der Waals surface area contributed by atoms with Crippen molar-refractivity contribution in [3.05, 3.63) is 67.8 Å². The Hall–Kier alpha value is -2.93. The molecule has 5 rings (SSSR count). The molecule has 0 unspecified atom stereocenters. The molecule has 1 saturated carbocycles. The van der Waals surface area contributed by atoms with E-state index < -0.39 is 0 Å². The molecule has 0 radical (unpaired) electrons. The third-order valence-corrected chi connectivity index (χ3v) is 9.62. The number of carbonyl (C=O) groups excluding carboxylic acids is 1. The standard InChI is InChI=1S/C31H37N5O2S2/c1-3-4-14-35-28(34-17-15-33(16-18-34)21-23-10-6-5-7-11-23)25(22(2)26(20-32)29(35)37)19-27-30(38)36(31(39)40-27)24-12-8-9-13-24/h5-7,10-11,19,24H,3-4,8-9,12-18,21H2,1-2H3/b27-19+. The number of unbranched alkanes of at least 4 members (excludes halogenated alkanes) is 1. The number of pyridine rings is 1. The number of rotatable bonds is 8. The number of aromatic nitrogens is 1. The van der Waals surface area contributed by atoms with Crippen LogP contribution in [0.1, 0.15) is 67.7 Å². The van der Waals surface area contributed by atoms with Crippen molar-refractivity contribution in [2.24, 2.45) is 0 Å². The number of thioether (sulfide) groups is 1. The van der Waals surface area contributed by atoms with E-state index in [2.05, 4.69) is 47.1 Å². The zero-order valence-electron chi connectivity index (χ0n) is 23.4. The van der Waals surface area contributed by atoms with E-state index in [1.807, 2.05) is 19.1 Å². The van der Waals surface area contributed by atoms with Crippen LogP contribution in [0, 0.1) is 18.3 Å². The van der Waals surface area contributed by atoms with Gasteiger partial charge in [-0.2, -0.15) is 5.26 Å². The summed E-state index contributed by atoms with van der Waals surface area (Å²) in [6, 6.07) is 12.8. The molecule has 0 atom stereocenters. The minimum atomic E-state index is -0.245. The lowest BCUT2D eigenvalue weighted by atomic mass is 10.0. The van der Waals surface area contributed by atoms with Crippen LogP contribution < -0.4 is 10.5 Å². The molecule has 3 heterocycles. The molecule has 3 aliphatic rings. The Balaban J connectivity index is 1.52. The first kappa shape index (κ1) is 28.6. The topological polar surface area (TPSA) is 72.6 Å². The molecular weight excluding hydrogens is 539 g/mol. The Morgan fingerprint density at radius 1 is 1.10 bits per heavy atom. The Kier molecular flexibility index (Phi) is 9.09. The number of anilines is 1. The van der Waals surface area contributed by atoms with Gasteiger partial charge in [0.05, 0.1) is 4.91 Å². The van der Waals surface area contributed by atoms with E-state index >= 15 is 0 Å². The maximum absolute atomic E-state index is 13.6. The highest BCUT2D eigenvalue weighted by molar-refractivity contribution is 8.26. The zero-order chi connectivity index (χ0) is 28.2. The van der Waals surface area contributed by atoms with Crippen LogP contribution in [0.15, 0.2) is 40.0 Å². The third-order valence-electron chi connectivity index (χ3n) is 8.29. The summed E-state index contributed by atoms with van der Waals surface area (Å²) < 4.78 is 2.39. The Morgan fingerprint density at radius 3 is 2.45 bits per heavy atom. The largest absolute Gasteiger partial charge is 0.355 e. The quantitative estimate of drug-likeness (QED) is 0.313. The van der Waals surface area contributed by atoms with Gasteiger partial charge in [-0.3, -0.25) is 24.0 Å². The molecule has 2 aliphatic heterocycles. The van der Waals surface area contributed by atoms with Gasteiger partial charge in [-0.25, -0.2) is 0 Å². The molecule has 2 saturated heterocycles. The van der Waals surface area contributed by atoms with Crippen LogP contribution in [0.2, 0.25) is 0 Å². The van der Waals surface area contributed by atoms with E-state index in [4.69, 9.17) is 12.2 Å². The Labute approximate surface area is 246 Å². The number of nitriles is 1. The molecule has 9 heteroatoms. The van der Waals surface area contributed by atoms with Gasteiger partial charge in [0.15, 0.2) is 0 Å². The number of nitrogens with zero attached hydrogens (tertiary/aromatic N) is 5. The van der Waals surface area contributed by atoms with E-state index in [0.717, 1.165) is 82.6 Å². The fourth-order valence-electron chi connectivity index (χ4n) is 6.06. The van der Waals surface area contributed by atoms with Gasteiger partial charge >= 0.3 is 0 Å². The van der Waals surface area contributed by atoms with Crippen molar-refractivity contribution >= 4 is 46.1 Å². The summed E-state index contributed by atoms with van der Waals surface area (Å²) in [5.74, 6) is 0.769. The second kappa shape index (κ2) is 12.7. The first-order valence-corrected chi connectivity index (χ1v) is 15.6. The summed E-state index contributed by atoms with van der Waals surface area (Å²) in [6.45, 7) is 8.60. The summed E-state index contributed by atoms with van der Waals surface area (Å²) in [5.41, 5.74) is 2.62. The fourth-order valence-corrected chi connectivity index (χ4v) is 7.44. The van der Waals surface area contributed by atoms with Gasteiger partial charge < -0.3 is 4.90 Å². The average Bonchev–Trinajstić information content (AvgIpc) is 3.58. The normalized spacial score (nSPS) is 19.7. The highest BCUT2D eigenvalue weighted by Crippen LogP contribution is 2.39. The highest BCUT2D eigenvalue weighted by atomic mass is 32.2. The van der Waals surface area contributed by atoms with Crippen molar-refractivity contribution in [2.75, 3.05) is 31.1 Å². The average molecular weight is 576 g/mol. The second-order valence-electron chi connectivity index (χ2n) is 10.9. The number of hydrogen-bond donors (Lipinski definition) is 0. The molecule has 40 heavy (non-hydrogen) atoms. The van der Waals surface area contributed by atoms with Crippen LogP contribution in [0.25, 0.3) is 6.08 Å². The number of amides is 1. The van der Waals surface area contributed by atoms with Crippen molar-refractivity contribution in [1.82, 2.24) is 14.4 Å². The molecular formula is C31H37N5O2S2. The van der Waals surface area contributed by atoms with Crippen molar-refractivity contribution < 1.29 is 4.79 Å². The Morgan fingerprint density at radius 2 is 1.80 bits per heavy atom. The maximum Gasteiger partial charge on any atom is 0.270 e. The van der Waals surface area contributed by atoms with Gasteiger partial charge in [-0.05, 0) is 43.4 Å². The zero-order valence-corrected chi connectivity index (χ0v) is 25.0.